The molecule has 0 aliphatic rings. The van der Waals surface area contributed by atoms with Crippen molar-refractivity contribution < 1.29 is 27.5 Å². The number of rotatable bonds is 15. The Bertz CT molecular complexity index is 1510. The number of benzene rings is 3. The quantitative estimate of drug-likeness (QED) is 0.133. The Hall–Kier alpha value is -4.37. The van der Waals surface area contributed by atoms with Gasteiger partial charge in [0.05, 0.1) is 18.0 Å². The van der Waals surface area contributed by atoms with E-state index in [1.165, 1.54) is 6.07 Å². The molecule has 0 N–H and O–H groups in total. The van der Waals surface area contributed by atoms with E-state index in [4.69, 9.17) is 4.74 Å². The van der Waals surface area contributed by atoms with Crippen molar-refractivity contribution in [3.05, 3.63) is 131 Å². The molecule has 1 unspecified atom stereocenters. The summed E-state index contributed by atoms with van der Waals surface area (Å²) in [5, 5.41) is 0. The number of carbonyl (C=O) groups excluding carboxylic acids is 2. The molecule has 1 heterocycles. The van der Waals surface area contributed by atoms with Crippen molar-refractivity contribution in [1.82, 2.24) is 14.4 Å². The van der Waals surface area contributed by atoms with Gasteiger partial charge in [-0.25, -0.2) is 0 Å². The highest BCUT2D eigenvalue weighted by Gasteiger charge is 2.31. The molecule has 0 fully saturated rings. The standard InChI is InChI=1S/C36H40F3N3O3/c1-3-33(30-16-8-5-9-17-30)35(44)42(24-28-13-6-4-7-14-28)27-34(43)41(21-12-22-45-2)26-32-19-11-20-40(32)25-29-15-10-18-31(23-29)36(37,38)39/h4-11,13-20,23,33H,3,12,21-22,24-27H2,1-2H3. The van der Waals surface area contributed by atoms with Crippen LogP contribution < -0.4 is 0 Å². The number of hydrogen-bond acceptors (Lipinski definition) is 3. The Morgan fingerprint density at radius 3 is 2.20 bits per heavy atom. The maximum atomic E-state index is 14.0. The van der Waals surface area contributed by atoms with Gasteiger partial charge in [-0.2, -0.15) is 13.2 Å². The Morgan fingerprint density at radius 1 is 0.844 bits per heavy atom. The van der Waals surface area contributed by atoms with E-state index in [2.05, 4.69) is 0 Å². The van der Waals surface area contributed by atoms with Gasteiger partial charge in [-0.3, -0.25) is 9.59 Å². The van der Waals surface area contributed by atoms with Gasteiger partial charge in [0.25, 0.3) is 0 Å². The highest BCUT2D eigenvalue weighted by molar-refractivity contribution is 5.88. The van der Waals surface area contributed by atoms with Crippen LogP contribution in [0, 0.1) is 0 Å². The molecular weight excluding hydrogens is 579 g/mol. The van der Waals surface area contributed by atoms with Gasteiger partial charge in [-0.05, 0) is 53.8 Å². The van der Waals surface area contributed by atoms with Gasteiger partial charge in [0.2, 0.25) is 11.8 Å². The molecule has 45 heavy (non-hydrogen) atoms. The van der Waals surface area contributed by atoms with Crippen molar-refractivity contribution >= 4 is 11.8 Å². The minimum Gasteiger partial charge on any atom is -0.385 e. The van der Waals surface area contributed by atoms with Crippen molar-refractivity contribution in [3.63, 3.8) is 0 Å². The van der Waals surface area contributed by atoms with Crippen molar-refractivity contribution in [2.24, 2.45) is 0 Å². The van der Waals surface area contributed by atoms with E-state index in [0.717, 1.165) is 29.0 Å². The smallest absolute Gasteiger partial charge is 0.385 e. The number of hydrogen-bond donors (Lipinski definition) is 0. The summed E-state index contributed by atoms with van der Waals surface area (Å²) >= 11 is 0. The molecule has 0 saturated carbocycles. The number of aromatic nitrogens is 1. The van der Waals surface area contributed by atoms with E-state index in [1.807, 2.05) is 84.3 Å². The normalized spacial score (nSPS) is 12.1. The number of carbonyl (C=O) groups is 2. The van der Waals surface area contributed by atoms with Crippen LogP contribution in [0.1, 0.15) is 53.6 Å². The lowest BCUT2D eigenvalue weighted by atomic mass is 9.94. The average Bonchev–Trinajstić information content (AvgIpc) is 3.47. The van der Waals surface area contributed by atoms with Crippen LogP contribution in [0.5, 0.6) is 0 Å². The molecule has 2 amide bonds. The van der Waals surface area contributed by atoms with Crippen LogP contribution in [0.2, 0.25) is 0 Å². The van der Waals surface area contributed by atoms with Crippen molar-refractivity contribution in [3.8, 4) is 0 Å². The van der Waals surface area contributed by atoms with Crippen molar-refractivity contribution in [1.29, 1.82) is 0 Å². The van der Waals surface area contributed by atoms with Crippen molar-refractivity contribution in [2.45, 2.75) is 51.5 Å². The first-order chi connectivity index (χ1) is 21.7. The zero-order valence-electron chi connectivity index (χ0n) is 25.7. The van der Waals surface area contributed by atoms with E-state index in [0.29, 0.717) is 31.6 Å². The Morgan fingerprint density at radius 2 is 1.53 bits per heavy atom. The third-order valence-corrected chi connectivity index (χ3v) is 7.78. The molecular formula is C36H40F3N3O3. The fourth-order valence-electron chi connectivity index (χ4n) is 5.41. The molecule has 238 valence electrons. The predicted octanol–water partition coefficient (Wildman–Crippen LogP) is 7.14. The van der Waals surface area contributed by atoms with Crippen LogP contribution in [0.3, 0.4) is 0 Å². The van der Waals surface area contributed by atoms with Crippen LogP contribution in [-0.4, -0.2) is 53.0 Å². The van der Waals surface area contributed by atoms with E-state index in [1.54, 1.807) is 29.2 Å². The van der Waals surface area contributed by atoms with Crippen LogP contribution >= 0.6 is 0 Å². The third kappa shape index (κ3) is 9.56. The van der Waals surface area contributed by atoms with Gasteiger partial charge in [0, 0.05) is 45.2 Å². The molecule has 6 nitrogen and oxygen atoms in total. The summed E-state index contributed by atoms with van der Waals surface area (Å²) in [6.07, 6.45) is -1.46. The molecule has 3 aromatic carbocycles. The molecule has 1 aromatic heterocycles. The number of halogens is 3. The average molecular weight is 620 g/mol. The summed E-state index contributed by atoms with van der Waals surface area (Å²) in [5.41, 5.74) is 2.40. The highest BCUT2D eigenvalue weighted by Crippen LogP contribution is 2.30. The lowest BCUT2D eigenvalue weighted by Gasteiger charge is -2.30. The fraction of sp³-hybridized carbons (Fsp3) is 0.333. The summed E-state index contributed by atoms with van der Waals surface area (Å²) in [6.45, 7) is 3.44. The first kappa shape index (κ1) is 33.5. The second-order valence-electron chi connectivity index (χ2n) is 11.0. The number of alkyl halides is 3. The number of amides is 2. The third-order valence-electron chi connectivity index (χ3n) is 7.78. The molecule has 0 radical (unpaired) electrons. The summed E-state index contributed by atoms with van der Waals surface area (Å²) < 4.78 is 47.0. The lowest BCUT2D eigenvalue weighted by Crippen LogP contribution is -2.44. The maximum absolute atomic E-state index is 14.0. The Balaban J connectivity index is 1.57. The maximum Gasteiger partial charge on any atom is 0.416 e. The van der Waals surface area contributed by atoms with Gasteiger partial charge >= 0.3 is 6.18 Å². The van der Waals surface area contributed by atoms with E-state index in [-0.39, 0.29) is 38.0 Å². The van der Waals surface area contributed by atoms with Crippen LogP contribution in [0.25, 0.3) is 0 Å². The molecule has 0 aliphatic heterocycles. The summed E-state index contributed by atoms with van der Waals surface area (Å²) in [4.78, 5) is 31.3. The van der Waals surface area contributed by atoms with Gasteiger partial charge in [0.15, 0.2) is 0 Å². The van der Waals surface area contributed by atoms with Crippen molar-refractivity contribution in [2.75, 3.05) is 26.8 Å². The minimum absolute atomic E-state index is 0.113. The second-order valence-corrected chi connectivity index (χ2v) is 11.0. The first-order valence-electron chi connectivity index (χ1n) is 15.1. The Labute approximate surface area is 263 Å². The molecule has 1 atom stereocenters. The topological polar surface area (TPSA) is 54.8 Å². The van der Waals surface area contributed by atoms with Crippen LogP contribution in [-0.2, 0) is 40.1 Å². The second kappa shape index (κ2) is 16.1. The molecule has 0 bridgehead atoms. The zero-order valence-corrected chi connectivity index (χ0v) is 25.7. The van der Waals surface area contributed by atoms with E-state index >= 15 is 0 Å². The molecule has 4 aromatic rings. The molecule has 0 spiro atoms. The summed E-state index contributed by atoms with van der Waals surface area (Å²) in [5.74, 6) is -0.731. The first-order valence-corrected chi connectivity index (χ1v) is 15.1. The highest BCUT2D eigenvalue weighted by atomic mass is 19.4. The van der Waals surface area contributed by atoms with E-state index in [9.17, 15) is 22.8 Å². The minimum atomic E-state index is -4.43. The molecule has 0 aliphatic carbocycles. The molecule has 9 heteroatoms. The van der Waals surface area contributed by atoms with Gasteiger partial charge in [-0.15, -0.1) is 0 Å². The molecule has 0 saturated heterocycles. The number of ether oxygens (including phenoxy) is 1. The Kier molecular flexibility index (Phi) is 12.0. The van der Waals surface area contributed by atoms with Crippen LogP contribution in [0.4, 0.5) is 13.2 Å². The lowest BCUT2D eigenvalue weighted by molar-refractivity contribution is -0.142. The number of methoxy groups -OCH3 is 1. The van der Waals surface area contributed by atoms with Gasteiger partial charge in [-0.1, -0.05) is 79.7 Å². The molecule has 4 rings (SSSR count). The summed E-state index contributed by atoms with van der Waals surface area (Å²) in [6, 6.07) is 28.1. The summed E-state index contributed by atoms with van der Waals surface area (Å²) in [7, 11) is 1.60. The van der Waals surface area contributed by atoms with Gasteiger partial charge in [0.1, 0.15) is 6.54 Å². The zero-order chi connectivity index (χ0) is 32.2. The van der Waals surface area contributed by atoms with Gasteiger partial charge < -0.3 is 19.1 Å². The number of nitrogens with zero attached hydrogens (tertiary/aromatic N) is 3. The van der Waals surface area contributed by atoms with E-state index < -0.39 is 17.7 Å². The monoisotopic (exact) mass is 619 g/mol. The largest absolute Gasteiger partial charge is 0.416 e. The predicted molar refractivity (Wildman–Crippen MR) is 168 cm³/mol. The van der Waals surface area contributed by atoms with Crippen LogP contribution in [0.15, 0.2) is 103 Å². The SMILES string of the molecule is CCC(C(=O)N(CC(=O)N(CCCOC)Cc1cccn1Cc1cccc(C(F)(F)F)c1)Cc1ccccc1)c1ccccc1. The fourth-order valence-corrected chi connectivity index (χ4v) is 5.41.